The number of aromatic nitrogens is 2. The number of benzene rings is 2. The van der Waals surface area contributed by atoms with Gasteiger partial charge in [-0.15, -0.1) is 0 Å². The van der Waals surface area contributed by atoms with Gasteiger partial charge in [-0.3, -0.25) is 9.69 Å². The molecule has 2 saturated heterocycles. The fourth-order valence-electron chi connectivity index (χ4n) is 4.00. The number of anilines is 1. The zero-order chi connectivity index (χ0) is 23.5. The molecule has 1 unspecified atom stereocenters. The summed E-state index contributed by atoms with van der Waals surface area (Å²) in [4.78, 5) is 37.1. The Kier molecular flexibility index (Phi) is 5.81. The van der Waals surface area contributed by atoms with Gasteiger partial charge in [0.1, 0.15) is 11.6 Å². The standard InChI is InChI=1S/C24H21FN4O5/c25-18-5-7-19(8-6-18)29-15-24(34-23(29)31)14-28(11-12-32-16-24)21(30)17-3-1-4-20(13-17)33-22-26-9-2-10-27-22/h1-10,13H,11-12,14-16H2. The molecule has 0 aliphatic carbocycles. The summed E-state index contributed by atoms with van der Waals surface area (Å²) in [5.41, 5.74) is -0.118. The lowest BCUT2D eigenvalue weighted by Gasteiger charge is -2.29. The van der Waals surface area contributed by atoms with Crippen LogP contribution in [0.15, 0.2) is 67.0 Å². The normalized spacial score (nSPS) is 20.2. The molecule has 10 heteroatoms. The van der Waals surface area contributed by atoms with Crippen LogP contribution >= 0.6 is 0 Å². The van der Waals surface area contributed by atoms with E-state index >= 15 is 0 Å². The molecule has 174 valence electrons. The number of hydrogen-bond donors (Lipinski definition) is 0. The number of halogens is 1. The summed E-state index contributed by atoms with van der Waals surface area (Å²) < 4.78 is 30.4. The number of amides is 2. The Bertz CT molecular complexity index is 1190. The number of ether oxygens (including phenoxy) is 3. The van der Waals surface area contributed by atoms with E-state index in [1.165, 1.54) is 29.2 Å². The van der Waals surface area contributed by atoms with Crippen molar-refractivity contribution in [2.24, 2.45) is 0 Å². The molecule has 5 rings (SSSR count). The average molecular weight is 464 g/mol. The van der Waals surface area contributed by atoms with Crippen LogP contribution in [0.3, 0.4) is 0 Å². The smallest absolute Gasteiger partial charge is 0.415 e. The van der Waals surface area contributed by atoms with Crippen LogP contribution in [0.1, 0.15) is 10.4 Å². The second-order valence-corrected chi connectivity index (χ2v) is 8.05. The van der Waals surface area contributed by atoms with Crippen LogP contribution < -0.4 is 9.64 Å². The van der Waals surface area contributed by atoms with Gasteiger partial charge in [0.25, 0.3) is 5.91 Å². The van der Waals surface area contributed by atoms with Crippen molar-refractivity contribution >= 4 is 17.7 Å². The van der Waals surface area contributed by atoms with Gasteiger partial charge in [0.15, 0.2) is 5.60 Å². The first-order valence-corrected chi connectivity index (χ1v) is 10.7. The third-order valence-corrected chi connectivity index (χ3v) is 5.58. The Labute approximate surface area is 194 Å². The Morgan fingerprint density at radius 1 is 1.06 bits per heavy atom. The van der Waals surface area contributed by atoms with Crippen LogP contribution in [0.25, 0.3) is 0 Å². The van der Waals surface area contributed by atoms with Gasteiger partial charge < -0.3 is 19.1 Å². The molecule has 34 heavy (non-hydrogen) atoms. The second kappa shape index (κ2) is 9.06. The molecule has 0 saturated carbocycles. The van der Waals surface area contributed by atoms with Crippen molar-refractivity contribution in [3.63, 3.8) is 0 Å². The molecule has 2 aromatic carbocycles. The molecule has 2 fully saturated rings. The van der Waals surface area contributed by atoms with Crippen LogP contribution in [-0.4, -0.2) is 65.3 Å². The first-order chi connectivity index (χ1) is 16.5. The van der Waals surface area contributed by atoms with Crippen LogP contribution in [0, 0.1) is 5.82 Å². The van der Waals surface area contributed by atoms with Crippen LogP contribution in [0.4, 0.5) is 14.9 Å². The zero-order valence-corrected chi connectivity index (χ0v) is 18.1. The molecule has 1 atom stereocenters. The lowest BCUT2D eigenvalue weighted by Crippen LogP contribution is -2.49. The number of rotatable bonds is 4. The fourth-order valence-corrected chi connectivity index (χ4v) is 4.00. The van der Waals surface area contributed by atoms with Crippen molar-refractivity contribution in [2.45, 2.75) is 5.60 Å². The van der Waals surface area contributed by atoms with Crippen molar-refractivity contribution in [1.29, 1.82) is 0 Å². The van der Waals surface area contributed by atoms with E-state index in [2.05, 4.69) is 9.97 Å². The Balaban J connectivity index is 1.33. The van der Waals surface area contributed by atoms with E-state index in [9.17, 15) is 14.0 Å². The molecule has 0 bridgehead atoms. The fraction of sp³-hybridized carbons (Fsp3) is 0.250. The summed E-state index contributed by atoms with van der Waals surface area (Å²) in [5.74, 6) is -0.223. The summed E-state index contributed by atoms with van der Waals surface area (Å²) in [6.45, 7) is 1.11. The van der Waals surface area contributed by atoms with Gasteiger partial charge in [0, 0.05) is 30.2 Å². The largest absolute Gasteiger partial charge is 0.436 e. The number of carbonyl (C=O) groups excluding carboxylic acids is 2. The zero-order valence-electron chi connectivity index (χ0n) is 18.1. The first-order valence-electron chi connectivity index (χ1n) is 10.7. The average Bonchev–Trinajstić information content (AvgIpc) is 3.03. The van der Waals surface area contributed by atoms with Gasteiger partial charge >= 0.3 is 12.1 Å². The van der Waals surface area contributed by atoms with Gasteiger partial charge in [-0.05, 0) is 48.5 Å². The summed E-state index contributed by atoms with van der Waals surface area (Å²) in [6.07, 6.45) is 2.56. The van der Waals surface area contributed by atoms with E-state index in [1.807, 2.05) is 0 Å². The van der Waals surface area contributed by atoms with Gasteiger partial charge in [-0.25, -0.2) is 19.2 Å². The molecule has 0 radical (unpaired) electrons. The third kappa shape index (κ3) is 4.53. The predicted molar refractivity (Wildman–Crippen MR) is 118 cm³/mol. The van der Waals surface area contributed by atoms with Crippen LogP contribution in [0.5, 0.6) is 11.8 Å². The van der Waals surface area contributed by atoms with E-state index in [4.69, 9.17) is 14.2 Å². The Morgan fingerprint density at radius 2 is 1.85 bits per heavy atom. The Hall–Kier alpha value is -4.05. The van der Waals surface area contributed by atoms with Gasteiger partial charge in [0.2, 0.25) is 0 Å². The molecule has 2 aliphatic heterocycles. The van der Waals surface area contributed by atoms with Crippen molar-refractivity contribution in [3.05, 3.63) is 78.4 Å². The second-order valence-electron chi connectivity index (χ2n) is 8.05. The molecule has 1 spiro atoms. The molecular weight excluding hydrogens is 443 g/mol. The van der Waals surface area contributed by atoms with Gasteiger partial charge in [0.05, 0.1) is 26.3 Å². The summed E-state index contributed by atoms with van der Waals surface area (Å²) in [6, 6.07) is 14.2. The summed E-state index contributed by atoms with van der Waals surface area (Å²) in [7, 11) is 0. The van der Waals surface area contributed by atoms with Crippen molar-refractivity contribution in [2.75, 3.05) is 37.7 Å². The maximum atomic E-state index is 13.4. The van der Waals surface area contributed by atoms with E-state index in [1.54, 1.807) is 47.6 Å². The highest BCUT2D eigenvalue weighted by Crippen LogP contribution is 2.31. The molecular formula is C24H21FN4O5. The van der Waals surface area contributed by atoms with E-state index < -0.39 is 17.5 Å². The molecule has 0 N–H and O–H groups in total. The first kappa shape index (κ1) is 21.8. The predicted octanol–water partition coefficient (Wildman–Crippen LogP) is 3.28. The maximum Gasteiger partial charge on any atom is 0.415 e. The lowest BCUT2D eigenvalue weighted by molar-refractivity contribution is -0.0140. The number of nitrogens with zero attached hydrogens (tertiary/aromatic N) is 4. The third-order valence-electron chi connectivity index (χ3n) is 5.58. The summed E-state index contributed by atoms with van der Waals surface area (Å²) in [5, 5.41) is 0. The van der Waals surface area contributed by atoms with E-state index in [0.717, 1.165) is 0 Å². The Morgan fingerprint density at radius 3 is 2.65 bits per heavy atom. The quantitative estimate of drug-likeness (QED) is 0.585. The van der Waals surface area contributed by atoms with E-state index in [-0.39, 0.29) is 31.6 Å². The maximum absolute atomic E-state index is 13.4. The topological polar surface area (TPSA) is 94.1 Å². The highest BCUT2D eigenvalue weighted by atomic mass is 19.1. The monoisotopic (exact) mass is 464 g/mol. The van der Waals surface area contributed by atoms with Gasteiger partial charge in [-0.1, -0.05) is 6.07 Å². The molecule has 9 nitrogen and oxygen atoms in total. The highest BCUT2D eigenvalue weighted by molar-refractivity contribution is 5.95. The van der Waals surface area contributed by atoms with Crippen LogP contribution in [-0.2, 0) is 9.47 Å². The van der Waals surface area contributed by atoms with Crippen molar-refractivity contribution in [3.8, 4) is 11.8 Å². The van der Waals surface area contributed by atoms with Crippen LogP contribution in [0.2, 0.25) is 0 Å². The minimum absolute atomic E-state index is 0.148. The molecule has 1 aromatic heterocycles. The summed E-state index contributed by atoms with van der Waals surface area (Å²) >= 11 is 0. The minimum Gasteiger partial charge on any atom is -0.436 e. The van der Waals surface area contributed by atoms with Crippen molar-refractivity contribution < 1.29 is 28.2 Å². The number of carbonyl (C=O) groups is 2. The SMILES string of the molecule is O=C(c1cccc(Oc2ncccn2)c1)N1CCOCC2(C1)CN(c1ccc(F)cc1)C(=O)O2. The van der Waals surface area contributed by atoms with Crippen molar-refractivity contribution in [1.82, 2.24) is 14.9 Å². The lowest BCUT2D eigenvalue weighted by atomic mass is 10.0. The highest BCUT2D eigenvalue weighted by Gasteiger charge is 2.49. The minimum atomic E-state index is -1.04. The molecule has 2 aliphatic rings. The molecule has 3 aromatic rings. The molecule has 3 heterocycles. The molecule has 2 amide bonds. The van der Waals surface area contributed by atoms with E-state index in [0.29, 0.717) is 30.2 Å². The number of hydrogen-bond acceptors (Lipinski definition) is 7. The van der Waals surface area contributed by atoms with Gasteiger partial charge in [-0.2, -0.15) is 0 Å².